The van der Waals surface area contributed by atoms with Crippen molar-refractivity contribution in [3.63, 3.8) is 0 Å². The van der Waals surface area contributed by atoms with Crippen LogP contribution in [0.5, 0.6) is 0 Å². The molecule has 0 bridgehead atoms. The molecule has 2 amide bonds. The minimum atomic E-state index is -0.368. The first kappa shape index (κ1) is 18.8. The number of hydrogen-bond donors (Lipinski definition) is 1. The Balaban J connectivity index is 1.60. The molecule has 3 heterocycles. The summed E-state index contributed by atoms with van der Waals surface area (Å²) in [5.74, 6) is -0.252. The smallest absolute Gasteiger partial charge is 0.270 e. The van der Waals surface area contributed by atoms with E-state index in [0.717, 1.165) is 5.56 Å². The molecule has 1 atom stereocenters. The predicted molar refractivity (Wildman–Crippen MR) is 104 cm³/mol. The molecule has 0 unspecified atom stereocenters. The first-order chi connectivity index (χ1) is 14.0. The van der Waals surface area contributed by atoms with Gasteiger partial charge in [0.1, 0.15) is 11.5 Å². The van der Waals surface area contributed by atoms with Gasteiger partial charge in [-0.3, -0.25) is 9.59 Å². The maximum absolute atomic E-state index is 13.8. The van der Waals surface area contributed by atoms with E-state index in [1.165, 1.54) is 19.1 Å². The molecule has 148 valence electrons. The van der Waals surface area contributed by atoms with Crippen LogP contribution >= 0.6 is 0 Å². The zero-order valence-corrected chi connectivity index (χ0v) is 15.9. The predicted octanol–water partition coefficient (Wildman–Crippen LogP) is 2.63. The molecule has 1 N–H and O–H groups in total. The second kappa shape index (κ2) is 7.83. The lowest BCUT2D eigenvalue weighted by Crippen LogP contribution is -2.32. The topological polar surface area (TPSA) is 80.1 Å². The van der Waals surface area contributed by atoms with Crippen molar-refractivity contribution in [1.82, 2.24) is 25.0 Å². The largest absolute Gasteiger partial charge is 0.344 e. The summed E-state index contributed by atoms with van der Waals surface area (Å²) in [6.45, 7) is 2.28. The maximum atomic E-state index is 13.8. The average molecular weight is 393 g/mol. The van der Waals surface area contributed by atoms with E-state index in [1.807, 2.05) is 0 Å². The lowest BCUT2D eigenvalue weighted by atomic mass is 9.99. The second-order valence-corrected chi connectivity index (χ2v) is 6.93. The Morgan fingerprint density at radius 3 is 2.83 bits per heavy atom. The second-order valence-electron chi connectivity index (χ2n) is 6.93. The molecule has 1 aliphatic heterocycles. The van der Waals surface area contributed by atoms with E-state index >= 15 is 0 Å². The van der Waals surface area contributed by atoms with Crippen LogP contribution in [0.25, 0.3) is 5.82 Å². The number of carbonyl (C=O) groups is 2. The van der Waals surface area contributed by atoms with E-state index < -0.39 is 0 Å². The van der Waals surface area contributed by atoms with Crippen molar-refractivity contribution < 1.29 is 14.0 Å². The van der Waals surface area contributed by atoms with Crippen LogP contribution in [0.3, 0.4) is 0 Å². The molecule has 3 aromatic rings. The maximum Gasteiger partial charge on any atom is 0.270 e. The Morgan fingerprint density at radius 1 is 1.21 bits per heavy atom. The number of aromatic nitrogens is 3. The fourth-order valence-electron chi connectivity index (χ4n) is 3.51. The van der Waals surface area contributed by atoms with Crippen LogP contribution in [0.15, 0.2) is 54.9 Å². The van der Waals surface area contributed by atoms with Gasteiger partial charge in [0.05, 0.1) is 6.04 Å². The summed E-state index contributed by atoms with van der Waals surface area (Å²) < 4.78 is 15.4. The fraction of sp³-hybridized carbons (Fsp3) is 0.238. The lowest BCUT2D eigenvalue weighted by molar-refractivity contribution is -0.129. The molecule has 0 saturated heterocycles. The normalized spacial score (nSPS) is 16.1. The highest BCUT2D eigenvalue weighted by atomic mass is 19.1. The third-order valence-electron chi connectivity index (χ3n) is 4.99. The molecular weight excluding hydrogens is 373 g/mol. The van der Waals surface area contributed by atoms with Gasteiger partial charge in [0.25, 0.3) is 5.91 Å². The Morgan fingerprint density at radius 2 is 2.07 bits per heavy atom. The Labute approximate surface area is 167 Å². The van der Waals surface area contributed by atoms with Crippen LogP contribution in [0.4, 0.5) is 4.39 Å². The number of carbonyl (C=O) groups excluding carboxylic acids is 2. The summed E-state index contributed by atoms with van der Waals surface area (Å²) in [5.41, 5.74) is 1.77. The Bertz CT molecular complexity index is 1050. The van der Waals surface area contributed by atoms with Gasteiger partial charge in [-0.05, 0) is 47.9 Å². The van der Waals surface area contributed by atoms with Crippen LogP contribution in [0.2, 0.25) is 0 Å². The molecule has 29 heavy (non-hydrogen) atoms. The van der Waals surface area contributed by atoms with Crippen molar-refractivity contribution in [2.75, 3.05) is 6.54 Å². The van der Waals surface area contributed by atoms with Crippen LogP contribution in [-0.4, -0.2) is 38.0 Å². The summed E-state index contributed by atoms with van der Waals surface area (Å²) in [6.07, 6.45) is 3.91. The zero-order valence-electron chi connectivity index (χ0n) is 15.9. The standard InChI is InChI=1S/C21H20FN5O2/c1-14(28)26-11-8-18(17-7-6-16(22)12-15(17)13-26)25-21(29)19-4-2-5-20(24-19)27-10-3-9-23-27/h2-7,9-10,12,18H,8,11,13H2,1H3,(H,25,29)/t18-/m0/s1. The van der Waals surface area contributed by atoms with Crippen molar-refractivity contribution in [3.05, 3.63) is 77.5 Å². The minimum absolute atomic E-state index is 0.0826. The molecule has 8 heteroatoms. The van der Waals surface area contributed by atoms with Crippen molar-refractivity contribution in [1.29, 1.82) is 0 Å². The van der Waals surface area contributed by atoms with Crippen LogP contribution in [0, 0.1) is 5.82 Å². The number of pyridine rings is 1. The number of rotatable bonds is 3. The zero-order chi connectivity index (χ0) is 20.4. The first-order valence-corrected chi connectivity index (χ1v) is 9.33. The highest BCUT2D eigenvalue weighted by Crippen LogP contribution is 2.28. The van der Waals surface area contributed by atoms with E-state index in [2.05, 4.69) is 15.4 Å². The molecule has 0 saturated carbocycles. The molecule has 0 radical (unpaired) electrons. The molecule has 2 aromatic heterocycles. The number of hydrogen-bond acceptors (Lipinski definition) is 4. The minimum Gasteiger partial charge on any atom is -0.344 e. The van der Waals surface area contributed by atoms with Gasteiger partial charge in [0.15, 0.2) is 5.82 Å². The van der Waals surface area contributed by atoms with Gasteiger partial charge >= 0.3 is 0 Å². The number of fused-ring (bicyclic) bond motifs is 1. The third-order valence-corrected chi connectivity index (χ3v) is 4.99. The van der Waals surface area contributed by atoms with E-state index in [1.54, 1.807) is 52.3 Å². The van der Waals surface area contributed by atoms with Crippen molar-refractivity contribution in [2.24, 2.45) is 0 Å². The van der Waals surface area contributed by atoms with Crippen LogP contribution in [0.1, 0.15) is 41.0 Å². The van der Waals surface area contributed by atoms with Crippen molar-refractivity contribution in [2.45, 2.75) is 25.9 Å². The number of amides is 2. The van der Waals surface area contributed by atoms with E-state index in [0.29, 0.717) is 30.9 Å². The number of nitrogens with zero attached hydrogens (tertiary/aromatic N) is 4. The van der Waals surface area contributed by atoms with E-state index in [4.69, 9.17) is 0 Å². The molecule has 0 fully saturated rings. The average Bonchev–Trinajstić information content (AvgIpc) is 3.19. The molecule has 4 rings (SSSR count). The van der Waals surface area contributed by atoms with Crippen molar-refractivity contribution >= 4 is 11.8 Å². The quantitative estimate of drug-likeness (QED) is 0.742. The molecule has 1 aromatic carbocycles. The third kappa shape index (κ3) is 4.01. The van der Waals surface area contributed by atoms with Gasteiger partial charge in [-0.1, -0.05) is 12.1 Å². The summed E-state index contributed by atoms with van der Waals surface area (Å²) >= 11 is 0. The van der Waals surface area contributed by atoms with E-state index in [-0.39, 0.29) is 29.4 Å². The van der Waals surface area contributed by atoms with Gasteiger partial charge in [-0.25, -0.2) is 14.1 Å². The number of benzene rings is 1. The van der Waals surface area contributed by atoms with Crippen molar-refractivity contribution in [3.8, 4) is 5.82 Å². The molecule has 0 spiro atoms. The van der Waals surface area contributed by atoms with Gasteiger partial charge in [-0.15, -0.1) is 0 Å². The summed E-state index contributed by atoms with van der Waals surface area (Å²) in [5, 5.41) is 7.12. The Kier molecular flexibility index (Phi) is 5.07. The summed E-state index contributed by atoms with van der Waals surface area (Å²) in [6, 6.07) is 11.0. The van der Waals surface area contributed by atoms with Gasteiger partial charge in [0, 0.05) is 32.4 Å². The van der Waals surface area contributed by atoms with Gasteiger partial charge in [0.2, 0.25) is 5.91 Å². The molecule has 7 nitrogen and oxygen atoms in total. The van der Waals surface area contributed by atoms with Crippen LogP contribution < -0.4 is 5.32 Å². The van der Waals surface area contributed by atoms with Gasteiger partial charge < -0.3 is 10.2 Å². The highest BCUT2D eigenvalue weighted by molar-refractivity contribution is 5.92. The monoisotopic (exact) mass is 393 g/mol. The molecule has 0 aliphatic carbocycles. The Hall–Kier alpha value is -3.55. The van der Waals surface area contributed by atoms with Gasteiger partial charge in [-0.2, -0.15) is 5.10 Å². The van der Waals surface area contributed by atoms with E-state index in [9.17, 15) is 14.0 Å². The first-order valence-electron chi connectivity index (χ1n) is 9.33. The number of nitrogens with one attached hydrogen (secondary N) is 1. The molecule has 1 aliphatic rings. The summed E-state index contributed by atoms with van der Waals surface area (Å²) in [4.78, 5) is 30.8. The summed E-state index contributed by atoms with van der Waals surface area (Å²) in [7, 11) is 0. The lowest BCUT2D eigenvalue weighted by Gasteiger charge is -2.19. The number of halogens is 1. The van der Waals surface area contributed by atoms with Crippen LogP contribution in [-0.2, 0) is 11.3 Å². The molecular formula is C21H20FN5O2. The SMILES string of the molecule is CC(=O)N1CC[C@H](NC(=O)c2cccc(-n3cccn3)n2)c2ccc(F)cc2C1. The highest BCUT2D eigenvalue weighted by Gasteiger charge is 2.26. The fourth-order valence-corrected chi connectivity index (χ4v) is 3.51.